The van der Waals surface area contributed by atoms with Crippen molar-refractivity contribution in [1.82, 2.24) is 14.9 Å². The molecule has 1 aromatic carbocycles. The van der Waals surface area contributed by atoms with E-state index >= 15 is 0 Å². The van der Waals surface area contributed by atoms with E-state index in [9.17, 15) is 12.8 Å². The topological polar surface area (TPSA) is 73.8 Å². The molecule has 27 heavy (non-hydrogen) atoms. The van der Waals surface area contributed by atoms with Gasteiger partial charge in [0.05, 0.1) is 16.8 Å². The van der Waals surface area contributed by atoms with Crippen LogP contribution in [0.15, 0.2) is 27.7 Å². The fraction of sp³-hybridized carbons (Fsp3) is 0.588. The van der Waals surface area contributed by atoms with Gasteiger partial charge in [0.25, 0.3) is 0 Å². The number of guanidine groups is 1. The van der Waals surface area contributed by atoms with Crippen molar-refractivity contribution in [3.63, 3.8) is 0 Å². The van der Waals surface area contributed by atoms with Gasteiger partial charge < -0.3 is 10.6 Å². The van der Waals surface area contributed by atoms with Crippen LogP contribution in [0.1, 0.15) is 32.3 Å². The second kappa shape index (κ2) is 11.5. The summed E-state index contributed by atoms with van der Waals surface area (Å²) in [5, 5.41) is 6.54. The van der Waals surface area contributed by atoms with E-state index in [1.54, 1.807) is 17.3 Å². The summed E-state index contributed by atoms with van der Waals surface area (Å²) < 4.78 is 39.5. The van der Waals surface area contributed by atoms with Crippen molar-refractivity contribution in [3.8, 4) is 0 Å². The smallest absolute Gasteiger partial charge is 0.213 e. The molecular weight excluding hydrogens is 550 g/mol. The maximum atomic E-state index is 13.6. The predicted octanol–water partition coefficient (Wildman–Crippen LogP) is 3.08. The Labute approximate surface area is 186 Å². The highest BCUT2D eigenvalue weighted by molar-refractivity contribution is 14.0. The molecule has 0 aromatic heterocycles. The number of piperidine rings is 1. The largest absolute Gasteiger partial charge is 0.357 e. The number of nitrogens with zero attached hydrogens (tertiary/aromatic N) is 2. The highest BCUT2D eigenvalue weighted by Gasteiger charge is 2.26. The highest BCUT2D eigenvalue weighted by atomic mass is 127. The molecule has 0 spiro atoms. The van der Waals surface area contributed by atoms with Crippen LogP contribution in [0.3, 0.4) is 0 Å². The van der Waals surface area contributed by atoms with Crippen molar-refractivity contribution in [2.75, 3.05) is 25.4 Å². The molecule has 2 rings (SSSR count). The summed E-state index contributed by atoms with van der Waals surface area (Å²) in [6.07, 6.45) is 1.47. The first-order valence-electron chi connectivity index (χ1n) is 8.82. The minimum Gasteiger partial charge on any atom is -0.357 e. The lowest BCUT2D eigenvalue weighted by Gasteiger charge is -2.32. The number of hydrogen-bond donors (Lipinski definition) is 2. The number of hydrogen-bond acceptors (Lipinski definition) is 3. The molecule has 0 bridgehead atoms. The Morgan fingerprint density at radius 1 is 1.33 bits per heavy atom. The average molecular weight is 577 g/mol. The van der Waals surface area contributed by atoms with Crippen molar-refractivity contribution in [3.05, 3.63) is 34.1 Å². The summed E-state index contributed by atoms with van der Waals surface area (Å²) in [6.45, 7) is 5.76. The van der Waals surface area contributed by atoms with E-state index in [1.165, 1.54) is 6.07 Å². The third kappa shape index (κ3) is 7.47. The summed E-state index contributed by atoms with van der Waals surface area (Å²) in [7, 11) is -3.12. The maximum absolute atomic E-state index is 13.6. The standard InChI is InChI=1S/C17H26BrFN4O2S.HI/c1-3-20-17(21-12-13-5-6-15(18)16(19)11-13)22-14-7-9-23(10-8-14)26(24,25)4-2;/h5-6,11,14H,3-4,7-10,12H2,1-2H3,(H2,20,21,22);1H. The molecule has 1 fully saturated rings. The minimum absolute atomic E-state index is 0. The van der Waals surface area contributed by atoms with Crippen LogP contribution in [0.5, 0.6) is 0 Å². The number of aliphatic imine (C=N–C) groups is 1. The molecule has 1 saturated heterocycles. The van der Waals surface area contributed by atoms with Crippen molar-refractivity contribution >= 4 is 55.9 Å². The molecule has 1 heterocycles. The third-order valence-corrected chi connectivity index (χ3v) is 6.83. The van der Waals surface area contributed by atoms with E-state index in [1.807, 2.05) is 13.0 Å². The maximum Gasteiger partial charge on any atom is 0.213 e. The van der Waals surface area contributed by atoms with Gasteiger partial charge in [-0.05, 0) is 60.3 Å². The summed E-state index contributed by atoms with van der Waals surface area (Å²) >= 11 is 3.14. The van der Waals surface area contributed by atoms with E-state index in [-0.39, 0.29) is 41.6 Å². The van der Waals surface area contributed by atoms with E-state index in [0.717, 1.165) is 18.4 Å². The first-order valence-corrected chi connectivity index (χ1v) is 11.2. The summed E-state index contributed by atoms with van der Waals surface area (Å²) in [5.41, 5.74) is 0.784. The van der Waals surface area contributed by atoms with Gasteiger partial charge in [-0.1, -0.05) is 6.07 Å². The first-order chi connectivity index (χ1) is 12.4. The molecule has 10 heteroatoms. The lowest BCUT2D eigenvalue weighted by atomic mass is 10.1. The lowest BCUT2D eigenvalue weighted by molar-refractivity contribution is 0.306. The van der Waals surface area contributed by atoms with Crippen LogP contribution in [-0.2, 0) is 16.6 Å². The zero-order valence-corrected chi connectivity index (χ0v) is 20.3. The van der Waals surface area contributed by atoms with Crippen LogP contribution in [0.4, 0.5) is 4.39 Å². The Kier molecular flexibility index (Phi) is 10.5. The van der Waals surface area contributed by atoms with Crippen LogP contribution < -0.4 is 10.6 Å². The molecule has 1 aliphatic heterocycles. The summed E-state index contributed by atoms with van der Waals surface area (Å²) in [6, 6.07) is 5.13. The van der Waals surface area contributed by atoms with E-state index in [2.05, 4.69) is 31.6 Å². The van der Waals surface area contributed by atoms with Crippen molar-refractivity contribution < 1.29 is 12.8 Å². The minimum atomic E-state index is -3.12. The second-order valence-electron chi connectivity index (χ2n) is 6.16. The van der Waals surface area contributed by atoms with Gasteiger partial charge in [-0.15, -0.1) is 24.0 Å². The van der Waals surface area contributed by atoms with E-state index in [4.69, 9.17) is 0 Å². The Morgan fingerprint density at radius 2 is 2.00 bits per heavy atom. The Hall–Kier alpha value is -0.460. The molecule has 6 nitrogen and oxygen atoms in total. The molecule has 1 aliphatic rings. The molecule has 0 amide bonds. The molecule has 0 saturated carbocycles. The van der Waals surface area contributed by atoms with Gasteiger partial charge in [-0.3, -0.25) is 0 Å². The van der Waals surface area contributed by atoms with Crippen molar-refractivity contribution in [1.29, 1.82) is 0 Å². The Bertz CT molecular complexity index is 740. The average Bonchev–Trinajstić information content (AvgIpc) is 2.63. The fourth-order valence-electron chi connectivity index (χ4n) is 2.78. The van der Waals surface area contributed by atoms with Crippen LogP contribution in [0.2, 0.25) is 0 Å². The summed E-state index contributed by atoms with van der Waals surface area (Å²) in [5.74, 6) is 0.492. The van der Waals surface area contributed by atoms with Crippen molar-refractivity contribution in [2.45, 2.75) is 39.3 Å². The first kappa shape index (κ1) is 24.6. The van der Waals surface area contributed by atoms with Gasteiger partial charge >= 0.3 is 0 Å². The van der Waals surface area contributed by atoms with E-state index in [0.29, 0.717) is 36.6 Å². The fourth-order valence-corrected chi connectivity index (χ4v) is 4.16. The zero-order valence-electron chi connectivity index (χ0n) is 15.5. The normalized spacial score (nSPS) is 16.7. The molecule has 154 valence electrons. The van der Waals surface area contributed by atoms with Gasteiger partial charge in [0.15, 0.2) is 5.96 Å². The summed E-state index contributed by atoms with van der Waals surface area (Å²) in [4.78, 5) is 4.51. The second-order valence-corrected chi connectivity index (χ2v) is 9.27. The highest BCUT2D eigenvalue weighted by Crippen LogP contribution is 2.17. The molecule has 0 atom stereocenters. The number of benzene rings is 1. The van der Waals surface area contributed by atoms with Crippen LogP contribution in [0.25, 0.3) is 0 Å². The Morgan fingerprint density at radius 3 is 2.56 bits per heavy atom. The van der Waals surface area contributed by atoms with Gasteiger partial charge in [0, 0.05) is 25.7 Å². The SMILES string of the molecule is CCNC(=NCc1ccc(Br)c(F)c1)NC1CCN(S(=O)(=O)CC)CC1.I. The number of halogens is 3. The van der Waals surface area contributed by atoms with Crippen molar-refractivity contribution in [2.24, 2.45) is 4.99 Å². The monoisotopic (exact) mass is 576 g/mol. The third-order valence-electron chi connectivity index (χ3n) is 4.30. The number of sulfonamides is 1. The Balaban J connectivity index is 0.00000364. The number of nitrogens with one attached hydrogen (secondary N) is 2. The van der Waals surface area contributed by atoms with Crippen LogP contribution in [0, 0.1) is 5.82 Å². The lowest BCUT2D eigenvalue weighted by Crippen LogP contribution is -2.50. The molecule has 1 aromatic rings. The van der Waals surface area contributed by atoms with Gasteiger partial charge in [0.1, 0.15) is 5.82 Å². The van der Waals surface area contributed by atoms with E-state index < -0.39 is 10.0 Å². The molecule has 0 aliphatic carbocycles. The van der Waals surface area contributed by atoms with Gasteiger partial charge in [-0.2, -0.15) is 0 Å². The van der Waals surface area contributed by atoms with Crippen LogP contribution >= 0.6 is 39.9 Å². The van der Waals surface area contributed by atoms with Crippen LogP contribution in [-0.4, -0.2) is 50.1 Å². The molecular formula is C17H27BrFIN4O2S. The molecule has 2 N–H and O–H groups in total. The van der Waals surface area contributed by atoms with Gasteiger partial charge in [-0.25, -0.2) is 22.1 Å². The number of rotatable bonds is 6. The molecule has 0 unspecified atom stereocenters. The predicted molar refractivity (Wildman–Crippen MR) is 122 cm³/mol. The van der Waals surface area contributed by atoms with Gasteiger partial charge in [0.2, 0.25) is 10.0 Å². The quantitative estimate of drug-likeness (QED) is 0.310. The molecule has 0 radical (unpaired) electrons. The zero-order chi connectivity index (χ0) is 19.2.